The Hall–Kier alpha value is -0.770. The van der Waals surface area contributed by atoms with E-state index in [1.165, 1.54) is 6.42 Å². The molecule has 1 saturated heterocycles. The number of hydrogen-bond donors (Lipinski definition) is 1. The van der Waals surface area contributed by atoms with Crippen molar-refractivity contribution in [3.8, 4) is 0 Å². The highest BCUT2D eigenvalue weighted by Crippen LogP contribution is 2.18. The molecule has 0 aliphatic carbocycles. The van der Waals surface area contributed by atoms with E-state index in [9.17, 15) is 0 Å². The summed E-state index contributed by atoms with van der Waals surface area (Å²) in [6.45, 7) is 10.8. The molecular weight excluding hydrogens is 226 g/mol. The minimum atomic E-state index is 0.370. The van der Waals surface area contributed by atoms with Crippen molar-refractivity contribution in [3.05, 3.63) is 0 Å². The molecule has 1 aliphatic rings. The Kier molecular flexibility index (Phi) is 5.93. The average molecular weight is 255 g/mol. The first kappa shape index (κ1) is 15.3. The number of methoxy groups -OCH3 is 1. The van der Waals surface area contributed by atoms with E-state index in [0.29, 0.717) is 11.3 Å². The van der Waals surface area contributed by atoms with Crippen molar-refractivity contribution in [1.29, 1.82) is 0 Å². The van der Waals surface area contributed by atoms with Gasteiger partial charge >= 0.3 is 0 Å². The fraction of sp³-hybridized carbons (Fsp3) is 0.929. The third-order valence-corrected chi connectivity index (χ3v) is 3.36. The Morgan fingerprint density at radius 2 is 2.17 bits per heavy atom. The summed E-state index contributed by atoms with van der Waals surface area (Å²) in [5.74, 6) is 1.69. The van der Waals surface area contributed by atoms with Crippen LogP contribution in [0.3, 0.4) is 0 Å². The quantitative estimate of drug-likeness (QED) is 0.616. The molecule has 1 unspecified atom stereocenters. The van der Waals surface area contributed by atoms with E-state index in [2.05, 4.69) is 36.0 Å². The molecule has 0 saturated carbocycles. The van der Waals surface area contributed by atoms with Gasteiger partial charge in [-0.25, -0.2) is 0 Å². The van der Waals surface area contributed by atoms with Gasteiger partial charge in [-0.05, 0) is 18.3 Å². The summed E-state index contributed by atoms with van der Waals surface area (Å²) in [4.78, 5) is 6.71. The topological polar surface area (TPSA) is 36.9 Å². The fourth-order valence-electron chi connectivity index (χ4n) is 2.28. The molecule has 0 aromatic rings. The van der Waals surface area contributed by atoms with Crippen LogP contribution in [-0.2, 0) is 4.74 Å². The van der Waals surface area contributed by atoms with Crippen LogP contribution in [0.5, 0.6) is 0 Å². The van der Waals surface area contributed by atoms with Crippen LogP contribution in [0, 0.1) is 11.3 Å². The Balaban J connectivity index is 2.34. The molecule has 4 heteroatoms. The molecule has 0 amide bonds. The number of rotatable bonds is 4. The molecule has 0 aromatic heterocycles. The van der Waals surface area contributed by atoms with Crippen LogP contribution >= 0.6 is 0 Å². The molecule has 1 rings (SSSR count). The lowest BCUT2D eigenvalue weighted by Gasteiger charge is -2.24. The molecular formula is C14H29N3O. The fourth-order valence-corrected chi connectivity index (χ4v) is 2.28. The third-order valence-electron chi connectivity index (χ3n) is 3.36. The summed E-state index contributed by atoms with van der Waals surface area (Å²) >= 11 is 0. The van der Waals surface area contributed by atoms with Gasteiger partial charge in [-0.1, -0.05) is 20.8 Å². The lowest BCUT2D eigenvalue weighted by molar-refractivity contribution is 0.157. The van der Waals surface area contributed by atoms with Gasteiger partial charge in [0.05, 0.1) is 6.61 Å². The molecule has 1 aliphatic heterocycles. The molecule has 106 valence electrons. The van der Waals surface area contributed by atoms with Crippen LogP contribution in [0.15, 0.2) is 4.99 Å². The molecule has 1 heterocycles. The lowest BCUT2D eigenvalue weighted by Crippen LogP contribution is -2.41. The van der Waals surface area contributed by atoms with Crippen LogP contribution in [0.2, 0.25) is 0 Å². The number of likely N-dealkylation sites (tertiary alicyclic amines) is 1. The van der Waals surface area contributed by atoms with E-state index in [1.807, 2.05) is 7.05 Å². The monoisotopic (exact) mass is 255 g/mol. The number of nitrogens with one attached hydrogen (secondary N) is 1. The normalized spacial score (nSPS) is 21.5. The van der Waals surface area contributed by atoms with Crippen molar-refractivity contribution in [3.63, 3.8) is 0 Å². The van der Waals surface area contributed by atoms with E-state index in [4.69, 9.17) is 4.74 Å². The number of aliphatic imine (C=N–C) groups is 1. The largest absolute Gasteiger partial charge is 0.384 e. The van der Waals surface area contributed by atoms with Crippen LogP contribution < -0.4 is 5.32 Å². The maximum atomic E-state index is 5.23. The molecule has 1 atom stereocenters. The Morgan fingerprint density at radius 3 is 2.72 bits per heavy atom. The van der Waals surface area contributed by atoms with Crippen molar-refractivity contribution in [2.45, 2.75) is 33.6 Å². The van der Waals surface area contributed by atoms with Gasteiger partial charge in [0.15, 0.2) is 5.96 Å². The zero-order chi connectivity index (χ0) is 13.6. The molecule has 0 spiro atoms. The van der Waals surface area contributed by atoms with Gasteiger partial charge in [0.1, 0.15) is 0 Å². The lowest BCUT2D eigenvalue weighted by atomic mass is 9.92. The first-order chi connectivity index (χ1) is 8.46. The molecule has 4 nitrogen and oxygen atoms in total. The van der Waals surface area contributed by atoms with Gasteiger partial charge in [-0.3, -0.25) is 4.99 Å². The van der Waals surface area contributed by atoms with E-state index >= 15 is 0 Å². The van der Waals surface area contributed by atoms with Crippen molar-refractivity contribution in [2.75, 3.05) is 40.4 Å². The SMILES string of the molecule is CN=C(NCCC(C)(C)C)N1CCC(COC)C1. The highest BCUT2D eigenvalue weighted by Gasteiger charge is 2.24. The Bertz CT molecular complexity index is 271. The minimum Gasteiger partial charge on any atom is -0.384 e. The molecule has 0 radical (unpaired) electrons. The highest BCUT2D eigenvalue weighted by molar-refractivity contribution is 5.80. The van der Waals surface area contributed by atoms with Gasteiger partial charge in [-0.15, -0.1) is 0 Å². The van der Waals surface area contributed by atoms with E-state index < -0.39 is 0 Å². The van der Waals surface area contributed by atoms with Gasteiger partial charge in [0.2, 0.25) is 0 Å². The molecule has 1 fully saturated rings. The first-order valence-corrected chi connectivity index (χ1v) is 6.91. The van der Waals surface area contributed by atoms with Crippen LogP contribution in [0.25, 0.3) is 0 Å². The minimum absolute atomic E-state index is 0.370. The molecule has 0 aromatic carbocycles. The predicted octanol–water partition coefficient (Wildman–Crippen LogP) is 1.97. The summed E-state index contributed by atoms with van der Waals surface area (Å²) in [6, 6.07) is 0. The zero-order valence-corrected chi connectivity index (χ0v) is 12.6. The Labute approximate surface area is 112 Å². The average Bonchev–Trinajstić information content (AvgIpc) is 2.72. The van der Waals surface area contributed by atoms with Gasteiger partial charge in [0, 0.05) is 39.7 Å². The van der Waals surface area contributed by atoms with Crippen LogP contribution in [-0.4, -0.2) is 51.3 Å². The predicted molar refractivity (Wildman–Crippen MR) is 77.0 cm³/mol. The van der Waals surface area contributed by atoms with Crippen molar-refractivity contribution in [2.24, 2.45) is 16.3 Å². The number of hydrogen-bond acceptors (Lipinski definition) is 2. The van der Waals surface area contributed by atoms with Crippen LogP contribution in [0.4, 0.5) is 0 Å². The maximum absolute atomic E-state index is 5.23. The summed E-state index contributed by atoms with van der Waals surface area (Å²) in [7, 11) is 3.64. The van der Waals surface area contributed by atoms with E-state index in [1.54, 1.807) is 7.11 Å². The molecule has 18 heavy (non-hydrogen) atoms. The van der Waals surface area contributed by atoms with E-state index in [-0.39, 0.29) is 0 Å². The second kappa shape index (κ2) is 6.98. The summed E-state index contributed by atoms with van der Waals surface area (Å²) in [6.07, 6.45) is 2.36. The second-order valence-electron chi connectivity index (χ2n) is 6.34. The summed E-state index contributed by atoms with van der Waals surface area (Å²) in [5, 5.41) is 3.47. The highest BCUT2D eigenvalue weighted by atomic mass is 16.5. The van der Waals surface area contributed by atoms with E-state index in [0.717, 1.165) is 38.6 Å². The number of nitrogens with zero attached hydrogens (tertiary/aromatic N) is 2. The number of guanidine groups is 1. The maximum Gasteiger partial charge on any atom is 0.193 e. The second-order valence-corrected chi connectivity index (χ2v) is 6.34. The van der Waals surface area contributed by atoms with Gasteiger partial charge < -0.3 is 15.0 Å². The first-order valence-electron chi connectivity index (χ1n) is 6.91. The van der Waals surface area contributed by atoms with Gasteiger partial charge in [0.25, 0.3) is 0 Å². The molecule has 0 bridgehead atoms. The zero-order valence-electron chi connectivity index (χ0n) is 12.6. The standard InChI is InChI=1S/C14H29N3O/c1-14(2,3)7-8-16-13(15-4)17-9-6-12(10-17)11-18-5/h12H,6-11H2,1-5H3,(H,15,16). The van der Waals surface area contributed by atoms with Crippen LogP contribution in [0.1, 0.15) is 33.6 Å². The van der Waals surface area contributed by atoms with Crippen molar-refractivity contribution in [1.82, 2.24) is 10.2 Å². The van der Waals surface area contributed by atoms with Crippen molar-refractivity contribution < 1.29 is 4.74 Å². The number of ether oxygens (including phenoxy) is 1. The smallest absolute Gasteiger partial charge is 0.193 e. The Morgan fingerprint density at radius 1 is 1.44 bits per heavy atom. The summed E-state index contributed by atoms with van der Waals surface area (Å²) < 4.78 is 5.23. The third kappa shape index (κ3) is 5.25. The van der Waals surface area contributed by atoms with Gasteiger partial charge in [-0.2, -0.15) is 0 Å². The molecule has 1 N–H and O–H groups in total. The van der Waals surface area contributed by atoms with Crippen molar-refractivity contribution >= 4 is 5.96 Å². The summed E-state index contributed by atoms with van der Waals surface area (Å²) in [5.41, 5.74) is 0.370.